The van der Waals surface area contributed by atoms with Gasteiger partial charge in [0, 0.05) is 24.3 Å². The van der Waals surface area contributed by atoms with Gasteiger partial charge in [-0.15, -0.1) is 0 Å². The molecule has 0 saturated carbocycles. The number of ether oxygens (including phenoxy) is 1. The fraction of sp³-hybridized carbons (Fsp3) is 0.174. The van der Waals surface area contributed by atoms with Crippen molar-refractivity contribution in [1.82, 2.24) is 10.3 Å². The zero-order valence-electron chi connectivity index (χ0n) is 17.4. The van der Waals surface area contributed by atoms with Crippen LogP contribution < -0.4 is 16.8 Å². The third kappa shape index (κ3) is 5.25. The molecule has 9 heteroatoms. The predicted molar refractivity (Wildman–Crippen MR) is 118 cm³/mol. The Balaban J connectivity index is 1.81. The maximum atomic E-state index is 14.9. The summed E-state index contributed by atoms with van der Waals surface area (Å²) >= 11 is 0. The first-order valence-corrected chi connectivity index (χ1v) is 9.83. The normalized spacial score (nSPS) is 11.7. The number of benzene rings is 2. The molecular formula is C23H23F2N5O2. The lowest BCUT2D eigenvalue weighted by molar-refractivity contribution is -0.133. The summed E-state index contributed by atoms with van der Waals surface area (Å²) in [6.45, 7) is 1.81. The summed E-state index contributed by atoms with van der Waals surface area (Å²) in [6, 6.07) is 12.0. The summed E-state index contributed by atoms with van der Waals surface area (Å²) in [4.78, 5) is 16.8. The molecular weight excluding hydrogens is 416 g/mol. The Kier molecular flexibility index (Phi) is 7.11. The van der Waals surface area contributed by atoms with Gasteiger partial charge in [-0.05, 0) is 36.8 Å². The summed E-state index contributed by atoms with van der Waals surface area (Å²) in [5, 5.41) is 10.0. The van der Waals surface area contributed by atoms with Crippen molar-refractivity contribution in [3.8, 4) is 11.3 Å². The van der Waals surface area contributed by atoms with Crippen molar-refractivity contribution in [2.45, 2.75) is 19.6 Å². The number of nitrogens with two attached hydrogens (primary N) is 2. The van der Waals surface area contributed by atoms with Gasteiger partial charge in [-0.25, -0.2) is 8.78 Å². The van der Waals surface area contributed by atoms with Crippen LogP contribution in [-0.4, -0.2) is 23.3 Å². The number of carbonyl (C=O) groups is 1. The number of hydrogen-bond acceptors (Lipinski definition) is 5. The monoisotopic (exact) mass is 439 g/mol. The number of halogens is 2. The third-order valence-electron chi connectivity index (χ3n) is 4.73. The molecule has 0 radical (unpaired) electrons. The molecule has 1 heterocycles. The molecule has 1 amide bonds. The zero-order chi connectivity index (χ0) is 23.3. The molecule has 32 heavy (non-hydrogen) atoms. The first kappa shape index (κ1) is 22.8. The van der Waals surface area contributed by atoms with Crippen LogP contribution in [0.25, 0.3) is 11.3 Å². The topological polar surface area (TPSA) is 127 Å². The lowest BCUT2D eigenvalue weighted by Gasteiger charge is -2.19. The van der Waals surface area contributed by atoms with E-state index in [0.29, 0.717) is 16.9 Å². The van der Waals surface area contributed by atoms with Gasteiger partial charge >= 0.3 is 0 Å². The highest BCUT2D eigenvalue weighted by Crippen LogP contribution is 2.29. The number of nitrogen functional groups attached to an aromatic ring is 2. The van der Waals surface area contributed by atoms with Gasteiger partial charge in [0.05, 0.1) is 23.1 Å². The third-order valence-corrected chi connectivity index (χ3v) is 4.73. The summed E-state index contributed by atoms with van der Waals surface area (Å²) in [7, 11) is 0. The summed E-state index contributed by atoms with van der Waals surface area (Å²) in [5.74, 6) is -2.59. The Hall–Kier alpha value is -3.85. The second-order valence-corrected chi connectivity index (χ2v) is 6.99. The molecule has 1 atom stereocenters. The highest BCUT2D eigenvalue weighted by molar-refractivity contribution is 5.94. The van der Waals surface area contributed by atoms with Gasteiger partial charge < -0.3 is 21.5 Å². The molecule has 0 aliphatic carbocycles. The average molecular weight is 439 g/mol. The number of nitrogens with zero attached hydrogens (tertiary/aromatic N) is 1. The predicted octanol–water partition coefficient (Wildman–Crippen LogP) is 3.29. The maximum absolute atomic E-state index is 14.9. The summed E-state index contributed by atoms with van der Waals surface area (Å²) in [5.41, 5.74) is 12.8. The zero-order valence-corrected chi connectivity index (χ0v) is 17.4. The fourth-order valence-electron chi connectivity index (χ4n) is 3.10. The highest BCUT2D eigenvalue weighted by Gasteiger charge is 2.28. The SMILES string of the molecule is CCOC(C(=O)NCc1ccc(C(=N)N)cc1)c1c(F)cc(-c2ccc(N)cn2)cc1F. The number of amides is 1. The van der Waals surface area contributed by atoms with E-state index in [4.69, 9.17) is 21.6 Å². The highest BCUT2D eigenvalue weighted by atomic mass is 19.1. The van der Waals surface area contributed by atoms with Crippen molar-refractivity contribution >= 4 is 17.4 Å². The molecule has 7 nitrogen and oxygen atoms in total. The van der Waals surface area contributed by atoms with E-state index < -0.39 is 29.2 Å². The van der Waals surface area contributed by atoms with Crippen LogP contribution in [0.5, 0.6) is 0 Å². The standard InChI is InChI=1S/C23H23F2N5O2/c1-2-32-21(23(31)30-11-13-3-5-14(6-4-13)22(27)28)20-17(24)9-15(10-18(20)25)19-8-7-16(26)12-29-19/h3-10,12,21H,2,11,26H2,1H3,(H3,27,28)(H,30,31). The smallest absolute Gasteiger partial charge is 0.254 e. The molecule has 166 valence electrons. The Morgan fingerprint density at radius 3 is 2.34 bits per heavy atom. The Bertz CT molecular complexity index is 1100. The number of hydrogen-bond donors (Lipinski definition) is 4. The second kappa shape index (κ2) is 9.97. The van der Waals surface area contributed by atoms with Crippen LogP contribution in [0.2, 0.25) is 0 Å². The van der Waals surface area contributed by atoms with Gasteiger partial charge in [0.2, 0.25) is 0 Å². The van der Waals surface area contributed by atoms with E-state index in [1.807, 2.05) is 0 Å². The number of rotatable bonds is 8. The van der Waals surface area contributed by atoms with E-state index in [1.165, 1.54) is 6.20 Å². The van der Waals surface area contributed by atoms with Crippen LogP contribution in [0.15, 0.2) is 54.7 Å². The minimum Gasteiger partial charge on any atom is -0.397 e. The quantitative estimate of drug-likeness (QED) is 0.316. The minimum absolute atomic E-state index is 0.0689. The number of pyridine rings is 1. The molecule has 0 spiro atoms. The van der Waals surface area contributed by atoms with Crippen LogP contribution in [0.1, 0.15) is 29.7 Å². The number of anilines is 1. The molecule has 0 aliphatic rings. The van der Waals surface area contributed by atoms with Crippen LogP contribution in [0, 0.1) is 17.0 Å². The van der Waals surface area contributed by atoms with E-state index in [1.54, 1.807) is 43.3 Å². The first-order valence-electron chi connectivity index (χ1n) is 9.83. The van der Waals surface area contributed by atoms with Crippen molar-refractivity contribution < 1.29 is 18.3 Å². The Labute approximate surface area is 183 Å². The Morgan fingerprint density at radius 1 is 1.16 bits per heavy atom. The number of nitrogens with one attached hydrogen (secondary N) is 2. The molecule has 2 aromatic carbocycles. The van der Waals surface area contributed by atoms with Crippen molar-refractivity contribution in [3.63, 3.8) is 0 Å². The van der Waals surface area contributed by atoms with E-state index in [9.17, 15) is 13.6 Å². The molecule has 1 unspecified atom stereocenters. The number of aromatic nitrogens is 1. The van der Waals surface area contributed by atoms with E-state index in [-0.39, 0.29) is 24.6 Å². The van der Waals surface area contributed by atoms with Gasteiger partial charge in [-0.2, -0.15) is 0 Å². The van der Waals surface area contributed by atoms with Gasteiger partial charge in [-0.1, -0.05) is 24.3 Å². The molecule has 0 bridgehead atoms. The Morgan fingerprint density at radius 2 is 1.81 bits per heavy atom. The van der Waals surface area contributed by atoms with Crippen molar-refractivity contribution in [1.29, 1.82) is 5.41 Å². The van der Waals surface area contributed by atoms with Crippen molar-refractivity contribution in [2.24, 2.45) is 5.73 Å². The second-order valence-electron chi connectivity index (χ2n) is 6.99. The lowest BCUT2D eigenvalue weighted by Crippen LogP contribution is -2.31. The van der Waals surface area contributed by atoms with Crippen molar-refractivity contribution in [3.05, 3.63) is 83.1 Å². The summed E-state index contributed by atoms with van der Waals surface area (Å²) < 4.78 is 35.2. The molecule has 0 saturated heterocycles. The van der Waals surface area contributed by atoms with E-state index in [0.717, 1.165) is 17.7 Å². The van der Waals surface area contributed by atoms with Gasteiger partial charge in [0.15, 0.2) is 6.10 Å². The molecule has 3 aromatic rings. The molecule has 0 aliphatic heterocycles. The minimum atomic E-state index is -1.47. The van der Waals surface area contributed by atoms with Gasteiger partial charge in [0.1, 0.15) is 17.5 Å². The van der Waals surface area contributed by atoms with Crippen LogP contribution in [-0.2, 0) is 16.1 Å². The molecule has 6 N–H and O–H groups in total. The van der Waals surface area contributed by atoms with Crippen LogP contribution in [0.3, 0.4) is 0 Å². The summed E-state index contributed by atoms with van der Waals surface area (Å²) in [6.07, 6.45) is -0.0803. The van der Waals surface area contributed by atoms with Gasteiger partial charge in [0.25, 0.3) is 5.91 Å². The van der Waals surface area contributed by atoms with Crippen LogP contribution in [0.4, 0.5) is 14.5 Å². The molecule has 1 aromatic heterocycles. The largest absolute Gasteiger partial charge is 0.397 e. The number of carbonyl (C=O) groups excluding carboxylic acids is 1. The molecule has 0 fully saturated rings. The fourth-order valence-corrected chi connectivity index (χ4v) is 3.10. The molecule has 3 rings (SSSR count). The first-order chi connectivity index (χ1) is 15.3. The number of amidine groups is 1. The van der Waals surface area contributed by atoms with Crippen LogP contribution >= 0.6 is 0 Å². The van der Waals surface area contributed by atoms with Crippen molar-refractivity contribution in [2.75, 3.05) is 12.3 Å². The van der Waals surface area contributed by atoms with E-state index >= 15 is 0 Å². The lowest BCUT2D eigenvalue weighted by atomic mass is 10.0. The maximum Gasteiger partial charge on any atom is 0.254 e. The van der Waals surface area contributed by atoms with Gasteiger partial charge in [-0.3, -0.25) is 15.2 Å². The average Bonchev–Trinajstić information content (AvgIpc) is 2.77. The van der Waals surface area contributed by atoms with E-state index in [2.05, 4.69) is 10.3 Å².